The van der Waals surface area contributed by atoms with Gasteiger partial charge in [0.1, 0.15) is 0 Å². The monoisotopic (exact) mass is 591 g/mol. The minimum atomic E-state index is -0.185. The van der Waals surface area contributed by atoms with E-state index in [1.165, 1.54) is 11.3 Å². The summed E-state index contributed by atoms with van der Waals surface area (Å²) in [6.45, 7) is 3.84. The second kappa shape index (κ2) is 10.5. The van der Waals surface area contributed by atoms with E-state index in [-0.39, 0.29) is 5.56 Å². The number of nitrogens with zero attached hydrogens (tertiary/aromatic N) is 5. The molecule has 0 aliphatic heterocycles. The predicted octanol–water partition coefficient (Wildman–Crippen LogP) is 6.94. The van der Waals surface area contributed by atoms with Crippen LogP contribution in [0, 0.1) is 6.92 Å². The van der Waals surface area contributed by atoms with Crippen molar-refractivity contribution in [3.05, 3.63) is 120 Å². The van der Waals surface area contributed by atoms with E-state index in [1.54, 1.807) is 9.36 Å². The average molecular weight is 593 g/mol. The van der Waals surface area contributed by atoms with Gasteiger partial charge in [0, 0.05) is 27.5 Å². The van der Waals surface area contributed by atoms with Gasteiger partial charge in [-0.15, -0.1) is 11.3 Å². The van der Waals surface area contributed by atoms with E-state index in [2.05, 4.69) is 15.9 Å². The van der Waals surface area contributed by atoms with Gasteiger partial charge in [-0.2, -0.15) is 5.10 Å². The Morgan fingerprint density at radius 3 is 2.32 bits per heavy atom. The summed E-state index contributed by atoms with van der Waals surface area (Å²) in [6.07, 6.45) is 0. The third-order valence-corrected chi connectivity index (χ3v) is 7.67. The maximum atomic E-state index is 13.5. The van der Waals surface area contributed by atoms with Gasteiger partial charge in [0.2, 0.25) is 4.80 Å². The summed E-state index contributed by atoms with van der Waals surface area (Å²) >= 11 is 11.0. The lowest BCUT2D eigenvalue weighted by Gasteiger charge is -2.07. The fourth-order valence-electron chi connectivity index (χ4n) is 3.97. The first-order chi connectivity index (χ1) is 17.8. The van der Waals surface area contributed by atoms with E-state index in [0.717, 1.165) is 38.4 Å². The first-order valence-corrected chi connectivity index (χ1v) is 13.6. The van der Waals surface area contributed by atoms with E-state index >= 15 is 0 Å². The van der Waals surface area contributed by atoms with Crippen molar-refractivity contribution in [3.8, 4) is 16.9 Å². The zero-order valence-corrected chi connectivity index (χ0v) is 23.5. The molecule has 6 nitrogen and oxygen atoms in total. The smallest absolute Gasteiger partial charge is 0.283 e. The standard InChI is InChI=1S/C28H23BrClN5OS/c1-18(20-11-15-23(30)16-12-20)32-34-25(21-9-13-22(29)14-10-21)17-37-28(34)31-26-19(2)33(3)35(27(26)36)24-7-5-4-6-8-24/h4-17H,1-3H3/b31-28?,32-18-. The third kappa shape index (κ3) is 5.05. The van der Waals surface area contributed by atoms with Crippen molar-refractivity contribution in [1.82, 2.24) is 14.0 Å². The topological polar surface area (TPSA) is 56.6 Å². The molecule has 2 aromatic heterocycles. The Bertz CT molecular complexity index is 1730. The molecule has 0 fully saturated rings. The third-order valence-electron chi connectivity index (χ3n) is 6.07. The van der Waals surface area contributed by atoms with E-state index in [4.69, 9.17) is 21.7 Å². The highest BCUT2D eigenvalue weighted by atomic mass is 79.9. The minimum absolute atomic E-state index is 0.185. The zero-order chi connectivity index (χ0) is 26.1. The molecule has 0 N–H and O–H groups in total. The van der Waals surface area contributed by atoms with Crippen molar-refractivity contribution in [2.75, 3.05) is 0 Å². The Balaban J connectivity index is 1.72. The second-order valence-electron chi connectivity index (χ2n) is 8.44. The van der Waals surface area contributed by atoms with Gasteiger partial charge in [-0.05, 0) is 55.8 Å². The normalized spacial score (nSPS) is 12.4. The van der Waals surface area contributed by atoms with E-state index in [0.29, 0.717) is 15.5 Å². The fourth-order valence-corrected chi connectivity index (χ4v) is 5.20. The van der Waals surface area contributed by atoms with Gasteiger partial charge in [-0.25, -0.2) is 14.4 Å². The molecule has 3 aromatic carbocycles. The lowest BCUT2D eigenvalue weighted by Crippen LogP contribution is -2.20. The number of rotatable bonds is 5. The molecule has 5 rings (SSSR count). The predicted molar refractivity (Wildman–Crippen MR) is 155 cm³/mol. The number of thiazole rings is 1. The van der Waals surface area contributed by atoms with Crippen LogP contribution in [0.1, 0.15) is 18.2 Å². The molecule has 0 radical (unpaired) electrons. The number of hydrogen-bond donors (Lipinski definition) is 0. The highest BCUT2D eigenvalue weighted by molar-refractivity contribution is 9.10. The lowest BCUT2D eigenvalue weighted by atomic mass is 10.1. The molecular weight excluding hydrogens is 570 g/mol. The van der Waals surface area contributed by atoms with Crippen LogP contribution in [0.4, 0.5) is 5.69 Å². The van der Waals surface area contributed by atoms with Crippen LogP contribution in [0.3, 0.4) is 0 Å². The van der Waals surface area contributed by atoms with Crippen molar-refractivity contribution in [1.29, 1.82) is 0 Å². The van der Waals surface area contributed by atoms with Crippen LogP contribution in [-0.2, 0) is 7.05 Å². The molecule has 0 bridgehead atoms. The molecule has 0 amide bonds. The van der Waals surface area contributed by atoms with E-state index in [1.807, 2.05) is 110 Å². The van der Waals surface area contributed by atoms with E-state index in [9.17, 15) is 4.79 Å². The maximum absolute atomic E-state index is 13.5. The number of halogens is 2. The van der Waals surface area contributed by atoms with Crippen molar-refractivity contribution in [2.24, 2.45) is 17.1 Å². The first-order valence-electron chi connectivity index (χ1n) is 11.5. The molecule has 0 aliphatic rings. The van der Waals surface area contributed by atoms with Crippen molar-refractivity contribution in [2.45, 2.75) is 13.8 Å². The summed E-state index contributed by atoms with van der Waals surface area (Å²) in [7, 11) is 1.86. The summed E-state index contributed by atoms with van der Waals surface area (Å²) in [6, 6.07) is 25.1. The zero-order valence-electron chi connectivity index (χ0n) is 20.4. The van der Waals surface area contributed by atoms with Crippen LogP contribution in [0.15, 0.2) is 104 Å². The fraction of sp³-hybridized carbons (Fsp3) is 0.107. The number of benzene rings is 3. The number of hydrogen-bond acceptors (Lipinski definition) is 4. The van der Waals surface area contributed by atoms with E-state index < -0.39 is 0 Å². The molecule has 0 aliphatic carbocycles. The van der Waals surface area contributed by atoms with Crippen LogP contribution in [0.2, 0.25) is 5.02 Å². The molecule has 37 heavy (non-hydrogen) atoms. The van der Waals surface area contributed by atoms with Crippen molar-refractivity contribution >= 4 is 50.3 Å². The minimum Gasteiger partial charge on any atom is -0.283 e. The van der Waals surface area contributed by atoms with Crippen LogP contribution in [-0.4, -0.2) is 19.8 Å². The van der Waals surface area contributed by atoms with Gasteiger partial charge in [-0.3, -0.25) is 9.48 Å². The summed E-state index contributed by atoms with van der Waals surface area (Å²) in [5, 5.41) is 7.62. The van der Waals surface area contributed by atoms with Gasteiger partial charge in [0.15, 0.2) is 5.69 Å². The SMILES string of the molecule is C/C(=N/n1c(-c2ccc(Br)cc2)csc1=Nc1c(C)n(C)n(-c2ccccc2)c1=O)c1ccc(Cl)cc1. The van der Waals surface area contributed by atoms with Crippen molar-refractivity contribution < 1.29 is 0 Å². The van der Waals surface area contributed by atoms with Gasteiger partial charge < -0.3 is 0 Å². The van der Waals surface area contributed by atoms with Crippen LogP contribution < -0.4 is 10.4 Å². The molecule has 5 aromatic rings. The average Bonchev–Trinajstić information content (AvgIpc) is 3.38. The van der Waals surface area contributed by atoms with Crippen molar-refractivity contribution in [3.63, 3.8) is 0 Å². The molecule has 2 heterocycles. The number of aromatic nitrogens is 3. The lowest BCUT2D eigenvalue weighted by molar-refractivity contribution is 0.630. The molecular formula is C28H23BrClN5OS. The molecule has 0 atom stereocenters. The first kappa shape index (κ1) is 25.2. The molecule has 0 spiro atoms. The Kier molecular flexibility index (Phi) is 7.15. The highest BCUT2D eigenvalue weighted by Crippen LogP contribution is 2.24. The Labute approximate surface area is 231 Å². The van der Waals surface area contributed by atoms with Gasteiger partial charge >= 0.3 is 0 Å². The van der Waals surface area contributed by atoms with Gasteiger partial charge in [0.05, 0.1) is 22.8 Å². The number of para-hydroxylation sites is 1. The quantitative estimate of drug-likeness (QED) is 0.204. The largest absolute Gasteiger partial charge is 0.297 e. The summed E-state index contributed by atoms with van der Waals surface area (Å²) < 4.78 is 6.25. The summed E-state index contributed by atoms with van der Waals surface area (Å²) in [5.74, 6) is 0. The van der Waals surface area contributed by atoms with Crippen LogP contribution in [0.25, 0.3) is 16.9 Å². The molecule has 9 heteroatoms. The Morgan fingerprint density at radius 2 is 1.65 bits per heavy atom. The second-order valence-corrected chi connectivity index (χ2v) is 10.6. The molecule has 186 valence electrons. The highest BCUT2D eigenvalue weighted by Gasteiger charge is 2.17. The van der Waals surface area contributed by atoms with Gasteiger partial charge in [-0.1, -0.05) is 70.0 Å². The molecule has 0 saturated heterocycles. The maximum Gasteiger partial charge on any atom is 0.297 e. The van der Waals surface area contributed by atoms with Gasteiger partial charge in [0.25, 0.3) is 5.56 Å². The summed E-state index contributed by atoms with van der Waals surface area (Å²) in [4.78, 5) is 19.0. The molecule has 0 saturated carbocycles. The molecule has 0 unspecified atom stereocenters. The summed E-state index contributed by atoms with van der Waals surface area (Å²) in [5.41, 5.74) is 5.34. The van der Waals surface area contributed by atoms with Crippen LogP contribution in [0.5, 0.6) is 0 Å². The van der Waals surface area contributed by atoms with Crippen LogP contribution >= 0.6 is 38.9 Å². The Hall–Kier alpha value is -3.46. The Morgan fingerprint density at radius 1 is 0.973 bits per heavy atom.